The number of halogens is 3. The van der Waals surface area contributed by atoms with E-state index in [9.17, 15) is 43.0 Å². The molecule has 6 atom stereocenters. The van der Waals surface area contributed by atoms with Crippen LogP contribution in [0, 0.1) is 28.1 Å². The number of benzene rings is 2. The number of nitrogens with zero attached hydrogens (tertiary/aromatic N) is 2. The van der Waals surface area contributed by atoms with E-state index in [2.05, 4.69) is 0 Å². The van der Waals surface area contributed by atoms with Crippen LogP contribution in [0.5, 0.6) is 0 Å². The average Bonchev–Trinajstić information content (AvgIpc) is 2.91. The van der Waals surface area contributed by atoms with E-state index in [0.717, 1.165) is 30.2 Å². The average molecular weight is 562 g/mol. The molecule has 2 aromatic rings. The Labute approximate surface area is 228 Å². The molecule has 0 spiro atoms. The minimum atomic E-state index is -4.75. The van der Waals surface area contributed by atoms with E-state index in [4.69, 9.17) is 10.5 Å². The molecule has 0 radical (unpaired) electrons. The standard InChI is InChI=1S/C28H30F3N3O6/c1-5-26(24(36)37)21(18-11-9-17(14-32)10-12-18)27(25(38)39,15(2)22(35)40-4)16(3)34(23(26)33)20-8-6-7-19(13-20)28(29,30)31/h6-13,15-16,21,23H,5,33H2,1-4H3,(H,36,37)(H,38,39)/t15-,16?,21?,23?,26?,27?/m1/s1. The maximum atomic E-state index is 13.7. The fourth-order valence-corrected chi connectivity index (χ4v) is 6.39. The number of anilines is 1. The van der Waals surface area contributed by atoms with Crippen LogP contribution in [0.2, 0.25) is 0 Å². The Hall–Kier alpha value is -4.11. The molecule has 1 saturated heterocycles. The highest BCUT2D eigenvalue weighted by molar-refractivity contribution is 5.90. The van der Waals surface area contributed by atoms with Crippen molar-refractivity contribution in [3.05, 3.63) is 65.2 Å². The molecule has 40 heavy (non-hydrogen) atoms. The Kier molecular flexibility index (Phi) is 8.22. The molecule has 1 aliphatic heterocycles. The Morgan fingerprint density at radius 1 is 1.15 bits per heavy atom. The highest BCUT2D eigenvalue weighted by atomic mass is 19.4. The highest BCUT2D eigenvalue weighted by Crippen LogP contribution is 2.62. The maximum absolute atomic E-state index is 13.7. The second kappa shape index (κ2) is 10.8. The third-order valence-corrected chi connectivity index (χ3v) is 8.40. The van der Waals surface area contributed by atoms with Gasteiger partial charge in [0.1, 0.15) is 10.8 Å². The summed E-state index contributed by atoms with van der Waals surface area (Å²) in [5.74, 6) is -6.98. The van der Waals surface area contributed by atoms with Gasteiger partial charge in [-0.15, -0.1) is 0 Å². The number of carboxylic acids is 2. The lowest BCUT2D eigenvalue weighted by Crippen LogP contribution is -2.76. The van der Waals surface area contributed by atoms with Crippen LogP contribution in [0.25, 0.3) is 0 Å². The highest BCUT2D eigenvalue weighted by Gasteiger charge is 2.72. The normalized spacial score (nSPS) is 27.4. The molecule has 0 bridgehead atoms. The molecule has 9 nitrogen and oxygen atoms in total. The van der Waals surface area contributed by atoms with Gasteiger partial charge in [-0.25, -0.2) is 0 Å². The number of nitrogens with two attached hydrogens (primary N) is 1. The second-order valence-corrected chi connectivity index (χ2v) is 9.93. The van der Waals surface area contributed by atoms with Gasteiger partial charge in [-0.05, 0) is 49.2 Å². The fourth-order valence-electron chi connectivity index (χ4n) is 6.39. The number of piperidine rings is 1. The van der Waals surface area contributed by atoms with E-state index >= 15 is 0 Å². The third kappa shape index (κ3) is 4.44. The van der Waals surface area contributed by atoms with Crippen molar-refractivity contribution in [3.63, 3.8) is 0 Å². The zero-order chi connectivity index (χ0) is 30.2. The van der Waals surface area contributed by atoms with Gasteiger partial charge in [-0.2, -0.15) is 18.4 Å². The molecule has 5 unspecified atom stereocenters. The molecule has 214 valence electrons. The number of carbonyl (C=O) groups is 3. The molecule has 0 aromatic heterocycles. The molecule has 2 aromatic carbocycles. The molecule has 4 N–H and O–H groups in total. The van der Waals surface area contributed by atoms with Crippen LogP contribution in [0.15, 0.2) is 48.5 Å². The van der Waals surface area contributed by atoms with E-state index in [-0.39, 0.29) is 23.2 Å². The van der Waals surface area contributed by atoms with Gasteiger partial charge in [0.25, 0.3) is 0 Å². The first kappa shape index (κ1) is 30.4. The molecular weight excluding hydrogens is 531 g/mol. The Morgan fingerprint density at radius 2 is 1.75 bits per heavy atom. The second-order valence-electron chi connectivity index (χ2n) is 9.93. The van der Waals surface area contributed by atoms with Crippen LogP contribution in [-0.4, -0.2) is 47.4 Å². The topological polar surface area (TPSA) is 154 Å². The van der Waals surface area contributed by atoms with Gasteiger partial charge < -0.3 is 25.6 Å². The monoisotopic (exact) mass is 561 g/mol. The molecule has 0 aliphatic carbocycles. The summed E-state index contributed by atoms with van der Waals surface area (Å²) in [5.41, 5.74) is 1.47. The molecule has 12 heteroatoms. The lowest BCUT2D eigenvalue weighted by atomic mass is 9.48. The van der Waals surface area contributed by atoms with Crippen molar-refractivity contribution < 1.29 is 42.5 Å². The van der Waals surface area contributed by atoms with E-state index in [1.165, 1.54) is 51.1 Å². The summed E-state index contributed by atoms with van der Waals surface area (Å²) in [5, 5.41) is 31.0. The summed E-state index contributed by atoms with van der Waals surface area (Å²) >= 11 is 0. The number of rotatable bonds is 7. The first-order valence-electron chi connectivity index (χ1n) is 12.4. The smallest absolute Gasteiger partial charge is 0.416 e. The quantitative estimate of drug-likeness (QED) is 0.422. The molecule has 0 amide bonds. The number of ether oxygens (including phenoxy) is 1. The SMILES string of the molecule is CCC1(C(=O)O)C(N)N(c2cccc(C(F)(F)F)c2)C(C)C(C(=O)O)([C@H](C)C(=O)OC)C1c1ccc(C#N)cc1. The van der Waals surface area contributed by atoms with Crippen molar-refractivity contribution in [2.24, 2.45) is 22.5 Å². The summed E-state index contributed by atoms with van der Waals surface area (Å²) in [6, 6.07) is 10.2. The number of aliphatic carboxylic acids is 2. The van der Waals surface area contributed by atoms with E-state index in [1.54, 1.807) is 0 Å². The minimum absolute atomic E-state index is 0.158. The van der Waals surface area contributed by atoms with Crippen LogP contribution >= 0.6 is 0 Å². The fraction of sp³-hybridized carbons (Fsp3) is 0.429. The molecule has 1 heterocycles. The number of nitriles is 1. The molecule has 3 rings (SSSR count). The summed E-state index contributed by atoms with van der Waals surface area (Å²) in [6.45, 7) is 4.17. The Balaban J connectivity index is 2.51. The summed E-state index contributed by atoms with van der Waals surface area (Å²) in [7, 11) is 1.05. The van der Waals surface area contributed by atoms with Crippen LogP contribution in [0.1, 0.15) is 49.8 Å². The summed E-state index contributed by atoms with van der Waals surface area (Å²) in [4.78, 5) is 41.0. The van der Waals surface area contributed by atoms with Gasteiger partial charge in [0.2, 0.25) is 0 Å². The van der Waals surface area contributed by atoms with Crippen LogP contribution in [0.3, 0.4) is 0 Å². The number of hydrogen-bond donors (Lipinski definition) is 3. The van der Waals surface area contributed by atoms with Crippen molar-refractivity contribution in [1.29, 1.82) is 5.26 Å². The number of esters is 1. The Morgan fingerprint density at radius 3 is 2.20 bits per heavy atom. The predicted molar refractivity (Wildman–Crippen MR) is 137 cm³/mol. The zero-order valence-electron chi connectivity index (χ0n) is 22.3. The number of carboxylic acid groups (broad SMARTS) is 2. The number of carbonyl (C=O) groups excluding carboxylic acids is 1. The van der Waals surface area contributed by atoms with Gasteiger partial charge in [0.15, 0.2) is 0 Å². The zero-order valence-corrected chi connectivity index (χ0v) is 22.3. The van der Waals surface area contributed by atoms with Crippen molar-refractivity contribution in [2.45, 2.75) is 51.5 Å². The third-order valence-electron chi connectivity index (χ3n) is 8.40. The molecule has 0 saturated carbocycles. The molecular formula is C28H30F3N3O6. The van der Waals surface area contributed by atoms with Crippen molar-refractivity contribution in [2.75, 3.05) is 12.0 Å². The van der Waals surface area contributed by atoms with Gasteiger partial charge >= 0.3 is 24.1 Å². The number of hydrogen-bond acceptors (Lipinski definition) is 7. The maximum Gasteiger partial charge on any atom is 0.416 e. The van der Waals surface area contributed by atoms with E-state index in [1.807, 2.05) is 6.07 Å². The van der Waals surface area contributed by atoms with Crippen molar-refractivity contribution in [1.82, 2.24) is 0 Å². The van der Waals surface area contributed by atoms with Crippen LogP contribution in [-0.2, 0) is 25.3 Å². The molecule has 1 aliphatic rings. The molecule has 1 fully saturated rings. The number of methoxy groups -OCH3 is 1. The minimum Gasteiger partial charge on any atom is -0.481 e. The van der Waals surface area contributed by atoms with Crippen molar-refractivity contribution in [3.8, 4) is 6.07 Å². The van der Waals surface area contributed by atoms with Gasteiger partial charge in [0.05, 0.1) is 36.4 Å². The first-order valence-corrected chi connectivity index (χ1v) is 12.4. The predicted octanol–water partition coefficient (Wildman–Crippen LogP) is 4.22. The number of alkyl halides is 3. The Bertz CT molecular complexity index is 1340. The van der Waals surface area contributed by atoms with Gasteiger partial charge in [0, 0.05) is 17.6 Å². The largest absolute Gasteiger partial charge is 0.481 e. The van der Waals surface area contributed by atoms with Crippen LogP contribution < -0.4 is 10.6 Å². The van der Waals surface area contributed by atoms with Crippen molar-refractivity contribution >= 4 is 23.6 Å². The van der Waals surface area contributed by atoms with E-state index < -0.39 is 64.5 Å². The van der Waals surface area contributed by atoms with Crippen LogP contribution in [0.4, 0.5) is 18.9 Å². The first-order chi connectivity index (χ1) is 18.7. The summed E-state index contributed by atoms with van der Waals surface area (Å²) < 4.78 is 45.9. The van der Waals surface area contributed by atoms with Gasteiger partial charge in [-0.1, -0.05) is 32.0 Å². The van der Waals surface area contributed by atoms with E-state index in [0.29, 0.717) is 0 Å². The lowest BCUT2D eigenvalue weighted by molar-refractivity contribution is -0.182. The lowest BCUT2D eigenvalue weighted by Gasteiger charge is -2.62. The van der Waals surface area contributed by atoms with Gasteiger partial charge in [-0.3, -0.25) is 14.4 Å². The summed E-state index contributed by atoms with van der Waals surface area (Å²) in [6.07, 6.45) is -6.53.